The fraction of sp³-hybridized carbons (Fsp3) is 0.125. The third-order valence-electron chi connectivity index (χ3n) is 4.64. The number of nitrogens with one attached hydrogen (secondary N) is 1. The van der Waals surface area contributed by atoms with Crippen LogP contribution in [0.15, 0.2) is 78.0 Å². The number of carbonyl (C=O) groups excluding carboxylic acids is 1. The summed E-state index contributed by atoms with van der Waals surface area (Å²) in [4.78, 5) is 12.5. The first-order valence-corrected chi connectivity index (χ1v) is 11.1. The van der Waals surface area contributed by atoms with E-state index in [9.17, 15) is 4.79 Å². The number of nitrogens with zero attached hydrogens (tertiary/aromatic N) is 3. The summed E-state index contributed by atoms with van der Waals surface area (Å²) in [6.45, 7) is 4.03. The first-order valence-electron chi connectivity index (χ1n) is 9.77. The van der Waals surface area contributed by atoms with Crippen LogP contribution in [-0.2, 0) is 4.79 Å². The van der Waals surface area contributed by atoms with Crippen molar-refractivity contribution in [2.45, 2.75) is 19.0 Å². The van der Waals surface area contributed by atoms with Gasteiger partial charge in [0.25, 0.3) is 0 Å². The number of carbonyl (C=O) groups is 1. The number of benzene rings is 3. The molecule has 0 bridgehead atoms. The largest absolute Gasteiger partial charge is 0.325 e. The predicted octanol–water partition coefficient (Wildman–Crippen LogP) is 5.94. The van der Waals surface area contributed by atoms with Gasteiger partial charge in [-0.3, -0.25) is 9.36 Å². The maximum Gasteiger partial charge on any atom is 0.234 e. The second kappa shape index (κ2) is 9.37. The number of hydrogen-bond donors (Lipinski definition) is 1. The van der Waals surface area contributed by atoms with Crippen molar-refractivity contribution in [2.75, 3.05) is 11.1 Å². The van der Waals surface area contributed by atoms with Gasteiger partial charge in [0, 0.05) is 22.0 Å². The number of amides is 1. The normalized spacial score (nSPS) is 10.8. The fourth-order valence-electron chi connectivity index (χ4n) is 3.15. The van der Waals surface area contributed by atoms with Crippen LogP contribution in [0.1, 0.15) is 11.1 Å². The SMILES string of the molecule is Cc1ccc(-n2c(SCC(=O)Nc3cccc(C)c3)nnc2-c2cccc(Cl)c2)cc1. The summed E-state index contributed by atoms with van der Waals surface area (Å²) in [6, 6.07) is 23.3. The second-order valence-electron chi connectivity index (χ2n) is 7.19. The van der Waals surface area contributed by atoms with Crippen molar-refractivity contribution >= 4 is 35.0 Å². The molecular weight excluding hydrogens is 428 g/mol. The molecule has 7 heteroatoms. The van der Waals surface area contributed by atoms with Crippen LogP contribution in [0, 0.1) is 13.8 Å². The van der Waals surface area contributed by atoms with E-state index in [0.717, 1.165) is 28.1 Å². The molecule has 156 valence electrons. The van der Waals surface area contributed by atoms with Gasteiger partial charge in [0.05, 0.1) is 5.75 Å². The molecule has 0 radical (unpaired) electrons. The van der Waals surface area contributed by atoms with E-state index < -0.39 is 0 Å². The Bertz CT molecular complexity index is 1220. The summed E-state index contributed by atoms with van der Waals surface area (Å²) >= 11 is 7.54. The topological polar surface area (TPSA) is 59.8 Å². The van der Waals surface area contributed by atoms with Crippen molar-refractivity contribution in [1.29, 1.82) is 0 Å². The number of halogens is 1. The highest BCUT2D eigenvalue weighted by Gasteiger charge is 2.17. The zero-order valence-corrected chi connectivity index (χ0v) is 18.7. The lowest BCUT2D eigenvalue weighted by atomic mass is 10.2. The van der Waals surface area contributed by atoms with E-state index in [4.69, 9.17) is 11.6 Å². The second-order valence-corrected chi connectivity index (χ2v) is 8.57. The van der Waals surface area contributed by atoms with E-state index in [0.29, 0.717) is 16.0 Å². The molecule has 5 nitrogen and oxygen atoms in total. The Hall–Kier alpha value is -3.09. The molecule has 0 aliphatic carbocycles. The van der Waals surface area contributed by atoms with Crippen molar-refractivity contribution in [2.24, 2.45) is 0 Å². The summed E-state index contributed by atoms with van der Waals surface area (Å²) in [5.41, 5.74) is 4.82. The van der Waals surface area contributed by atoms with Crippen LogP contribution in [0.25, 0.3) is 17.1 Å². The van der Waals surface area contributed by atoms with E-state index >= 15 is 0 Å². The highest BCUT2D eigenvalue weighted by atomic mass is 35.5. The summed E-state index contributed by atoms with van der Waals surface area (Å²) in [5.74, 6) is 0.791. The average molecular weight is 449 g/mol. The van der Waals surface area contributed by atoms with Gasteiger partial charge in [-0.2, -0.15) is 0 Å². The van der Waals surface area contributed by atoms with Gasteiger partial charge < -0.3 is 5.32 Å². The molecule has 0 spiro atoms. The highest BCUT2D eigenvalue weighted by molar-refractivity contribution is 7.99. The third kappa shape index (κ3) is 5.16. The molecule has 0 saturated carbocycles. The standard InChI is InChI=1S/C24H21ClN4OS/c1-16-9-11-21(12-10-16)29-23(18-6-4-7-19(25)14-18)27-28-24(29)31-15-22(30)26-20-8-3-5-17(2)13-20/h3-14H,15H2,1-2H3,(H,26,30). The molecule has 0 atom stereocenters. The Labute approximate surface area is 190 Å². The lowest BCUT2D eigenvalue weighted by Crippen LogP contribution is -2.14. The number of aromatic nitrogens is 3. The monoisotopic (exact) mass is 448 g/mol. The molecule has 0 aliphatic rings. The molecule has 0 unspecified atom stereocenters. The molecule has 0 fully saturated rings. The van der Waals surface area contributed by atoms with E-state index in [1.54, 1.807) is 0 Å². The van der Waals surface area contributed by atoms with E-state index in [-0.39, 0.29) is 11.7 Å². The van der Waals surface area contributed by atoms with Gasteiger partial charge in [-0.05, 0) is 55.8 Å². The Kier molecular flexibility index (Phi) is 6.39. The summed E-state index contributed by atoms with van der Waals surface area (Å²) in [5, 5.41) is 13.0. The molecule has 0 saturated heterocycles. The Morgan fingerprint density at radius 1 is 0.968 bits per heavy atom. The van der Waals surface area contributed by atoms with Crippen LogP contribution in [0.4, 0.5) is 5.69 Å². The third-order valence-corrected chi connectivity index (χ3v) is 5.81. The molecule has 31 heavy (non-hydrogen) atoms. The maximum atomic E-state index is 12.5. The first-order chi connectivity index (χ1) is 15.0. The molecule has 1 amide bonds. The molecular formula is C24H21ClN4OS. The molecule has 4 aromatic rings. The molecule has 0 aliphatic heterocycles. The van der Waals surface area contributed by atoms with Crippen LogP contribution in [-0.4, -0.2) is 26.4 Å². The van der Waals surface area contributed by atoms with Crippen molar-refractivity contribution < 1.29 is 4.79 Å². The van der Waals surface area contributed by atoms with Gasteiger partial charge in [-0.1, -0.05) is 65.3 Å². The van der Waals surface area contributed by atoms with Gasteiger partial charge in [0.2, 0.25) is 5.91 Å². The molecule has 1 heterocycles. The van der Waals surface area contributed by atoms with Gasteiger partial charge in [0.15, 0.2) is 11.0 Å². The van der Waals surface area contributed by atoms with Crippen LogP contribution >= 0.6 is 23.4 Å². The Morgan fingerprint density at radius 2 is 1.74 bits per heavy atom. The molecule has 3 aromatic carbocycles. The number of hydrogen-bond acceptors (Lipinski definition) is 4. The summed E-state index contributed by atoms with van der Waals surface area (Å²) in [7, 11) is 0. The predicted molar refractivity (Wildman–Crippen MR) is 127 cm³/mol. The minimum Gasteiger partial charge on any atom is -0.325 e. The van der Waals surface area contributed by atoms with Gasteiger partial charge >= 0.3 is 0 Å². The van der Waals surface area contributed by atoms with Crippen molar-refractivity contribution in [1.82, 2.24) is 14.8 Å². The number of aryl methyl sites for hydroxylation is 2. The quantitative estimate of drug-likeness (QED) is 0.371. The Morgan fingerprint density at radius 3 is 2.48 bits per heavy atom. The summed E-state index contributed by atoms with van der Waals surface area (Å²) in [6.07, 6.45) is 0. The van der Waals surface area contributed by atoms with Crippen molar-refractivity contribution in [3.8, 4) is 17.1 Å². The van der Waals surface area contributed by atoms with E-state index in [2.05, 4.69) is 15.5 Å². The van der Waals surface area contributed by atoms with E-state index in [1.807, 2.05) is 91.2 Å². The van der Waals surface area contributed by atoms with Gasteiger partial charge in [0.1, 0.15) is 0 Å². The molecule has 1 aromatic heterocycles. The molecule has 4 rings (SSSR count). The van der Waals surface area contributed by atoms with E-state index in [1.165, 1.54) is 11.8 Å². The van der Waals surface area contributed by atoms with Crippen molar-refractivity contribution in [3.63, 3.8) is 0 Å². The van der Waals surface area contributed by atoms with Crippen LogP contribution < -0.4 is 5.32 Å². The van der Waals surface area contributed by atoms with Gasteiger partial charge in [-0.15, -0.1) is 10.2 Å². The van der Waals surface area contributed by atoms with Crippen molar-refractivity contribution in [3.05, 3.63) is 88.9 Å². The van der Waals surface area contributed by atoms with Crippen LogP contribution in [0.2, 0.25) is 5.02 Å². The lowest BCUT2D eigenvalue weighted by molar-refractivity contribution is -0.113. The maximum absolute atomic E-state index is 12.5. The number of thioether (sulfide) groups is 1. The summed E-state index contributed by atoms with van der Waals surface area (Å²) < 4.78 is 1.95. The minimum absolute atomic E-state index is 0.0987. The fourth-order valence-corrected chi connectivity index (χ4v) is 4.10. The lowest BCUT2D eigenvalue weighted by Gasteiger charge is -2.11. The zero-order chi connectivity index (χ0) is 21.8. The minimum atomic E-state index is -0.0987. The average Bonchev–Trinajstić information content (AvgIpc) is 3.17. The first kappa shape index (κ1) is 21.2. The van der Waals surface area contributed by atoms with Gasteiger partial charge in [-0.25, -0.2) is 0 Å². The smallest absolute Gasteiger partial charge is 0.234 e. The zero-order valence-electron chi connectivity index (χ0n) is 17.2. The highest BCUT2D eigenvalue weighted by Crippen LogP contribution is 2.29. The van der Waals surface area contributed by atoms with Crippen LogP contribution in [0.5, 0.6) is 0 Å². The number of anilines is 1. The number of rotatable bonds is 6. The Balaban J connectivity index is 1.61. The molecule has 1 N–H and O–H groups in total. The van der Waals surface area contributed by atoms with Crippen LogP contribution in [0.3, 0.4) is 0 Å².